The molecule has 1 N–H and O–H groups in total. The van der Waals surface area contributed by atoms with Crippen LogP contribution in [0.1, 0.15) is 32.3 Å². The van der Waals surface area contributed by atoms with Crippen molar-refractivity contribution < 1.29 is 9.59 Å². The predicted molar refractivity (Wildman–Crippen MR) is 92.7 cm³/mol. The van der Waals surface area contributed by atoms with Gasteiger partial charge in [0.25, 0.3) is 0 Å². The van der Waals surface area contributed by atoms with Crippen LogP contribution < -0.4 is 5.32 Å². The van der Waals surface area contributed by atoms with E-state index in [-0.39, 0.29) is 23.8 Å². The maximum atomic E-state index is 12.2. The third-order valence-corrected chi connectivity index (χ3v) is 4.95. The van der Waals surface area contributed by atoms with Gasteiger partial charge >= 0.3 is 0 Å². The monoisotopic (exact) mass is 356 g/mol. The number of nitrogens with one attached hydrogen (secondary N) is 1. The number of carbonyl (C=O) groups excluding carboxylic acids is 2. The molecule has 1 aliphatic heterocycles. The lowest BCUT2D eigenvalue weighted by Gasteiger charge is -2.23. The third kappa shape index (κ3) is 4.61. The van der Waals surface area contributed by atoms with E-state index in [1.165, 1.54) is 0 Å². The summed E-state index contributed by atoms with van der Waals surface area (Å²) in [5.41, 5.74) is 0.945. The van der Waals surface area contributed by atoms with Gasteiger partial charge in [-0.05, 0) is 37.5 Å². The summed E-state index contributed by atoms with van der Waals surface area (Å²) in [5.74, 6) is -0.244. The largest absolute Gasteiger partial charge is 0.355 e. The van der Waals surface area contributed by atoms with Gasteiger partial charge in [-0.1, -0.05) is 36.2 Å². The van der Waals surface area contributed by atoms with Crippen molar-refractivity contribution in [1.29, 1.82) is 0 Å². The standard InChI is InChI=1S/C17H22Cl2N2O2/c1-3-11(2)21-10-13(8-16(21)22)17(23)20-7-6-12-4-5-14(18)9-15(12)19/h4-5,9,11,13H,3,6-8,10H2,1-2H3,(H,20,23). The van der Waals surface area contributed by atoms with Crippen LogP contribution in [0.15, 0.2) is 18.2 Å². The van der Waals surface area contributed by atoms with E-state index in [0.29, 0.717) is 36.0 Å². The normalized spacial score (nSPS) is 19.0. The zero-order valence-electron chi connectivity index (χ0n) is 13.4. The van der Waals surface area contributed by atoms with Crippen LogP contribution in [0.2, 0.25) is 10.0 Å². The number of likely N-dealkylation sites (tertiary alicyclic amines) is 1. The number of hydrogen-bond donors (Lipinski definition) is 1. The molecule has 1 heterocycles. The number of nitrogens with zero attached hydrogens (tertiary/aromatic N) is 1. The van der Waals surface area contributed by atoms with Gasteiger partial charge in [0.15, 0.2) is 0 Å². The van der Waals surface area contributed by atoms with Gasteiger partial charge < -0.3 is 10.2 Å². The van der Waals surface area contributed by atoms with Crippen molar-refractivity contribution in [2.75, 3.05) is 13.1 Å². The molecular formula is C17H22Cl2N2O2. The summed E-state index contributed by atoms with van der Waals surface area (Å²) in [5, 5.41) is 4.10. The highest BCUT2D eigenvalue weighted by atomic mass is 35.5. The maximum absolute atomic E-state index is 12.2. The van der Waals surface area contributed by atoms with Crippen LogP contribution in [0.3, 0.4) is 0 Å². The van der Waals surface area contributed by atoms with E-state index in [0.717, 1.165) is 12.0 Å². The Labute approximate surface area is 147 Å². The molecule has 2 unspecified atom stereocenters. The minimum Gasteiger partial charge on any atom is -0.355 e. The van der Waals surface area contributed by atoms with E-state index in [2.05, 4.69) is 5.32 Å². The molecule has 0 aliphatic carbocycles. The molecule has 2 rings (SSSR count). The molecule has 2 amide bonds. The van der Waals surface area contributed by atoms with Crippen molar-refractivity contribution in [2.45, 2.75) is 39.2 Å². The second kappa shape index (κ2) is 8.02. The quantitative estimate of drug-likeness (QED) is 0.849. The Balaban J connectivity index is 1.82. The Morgan fingerprint density at radius 3 is 2.83 bits per heavy atom. The number of rotatable bonds is 6. The van der Waals surface area contributed by atoms with Crippen LogP contribution in [0, 0.1) is 5.92 Å². The Morgan fingerprint density at radius 2 is 2.17 bits per heavy atom. The highest BCUT2D eigenvalue weighted by Gasteiger charge is 2.35. The third-order valence-electron chi connectivity index (χ3n) is 4.36. The first kappa shape index (κ1) is 18.1. The van der Waals surface area contributed by atoms with E-state index < -0.39 is 0 Å². The van der Waals surface area contributed by atoms with Crippen LogP contribution >= 0.6 is 23.2 Å². The van der Waals surface area contributed by atoms with Crippen LogP contribution in [0.5, 0.6) is 0 Å². The minimum atomic E-state index is -0.253. The van der Waals surface area contributed by atoms with Gasteiger partial charge in [0.1, 0.15) is 0 Å². The average molecular weight is 357 g/mol. The fourth-order valence-electron chi connectivity index (χ4n) is 2.74. The minimum absolute atomic E-state index is 0.0609. The molecule has 0 spiro atoms. The Bertz CT molecular complexity index is 592. The van der Waals surface area contributed by atoms with Gasteiger partial charge in [-0.2, -0.15) is 0 Å². The summed E-state index contributed by atoms with van der Waals surface area (Å²) >= 11 is 12.0. The lowest BCUT2D eigenvalue weighted by Crippen LogP contribution is -2.37. The van der Waals surface area contributed by atoms with Gasteiger partial charge in [-0.25, -0.2) is 0 Å². The molecule has 126 valence electrons. The van der Waals surface area contributed by atoms with Gasteiger partial charge in [0, 0.05) is 35.6 Å². The van der Waals surface area contributed by atoms with Gasteiger partial charge in [0.2, 0.25) is 11.8 Å². The highest BCUT2D eigenvalue weighted by Crippen LogP contribution is 2.22. The summed E-state index contributed by atoms with van der Waals surface area (Å²) in [6.45, 7) is 5.07. The molecule has 1 saturated heterocycles. The van der Waals surface area contributed by atoms with Crippen molar-refractivity contribution in [3.8, 4) is 0 Å². The van der Waals surface area contributed by atoms with Gasteiger partial charge in [-0.3, -0.25) is 9.59 Å². The molecule has 23 heavy (non-hydrogen) atoms. The molecule has 1 aliphatic rings. The molecule has 1 fully saturated rings. The Morgan fingerprint density at radius 1 is 1.43 bits per heavy atom. The van der Waals surface area contributed by atoms with Crippen molar-refractivity contribution in [1.82, 2.24) is 10.2 Å². The second-order valence-corrected chi connectivity index (χ2v) is 6.82. The number of halogens is 2. The lowest BCUT2D eigenvalue weighted by molar-refractivity contribution is -0.130. The first-order valence-electron chi connectivity index (χ1n) is 7.93. The summed E-state index contributed by atoms with van der Waals surface area (Å²) in [7, 11) is 0. The van der Waals surface area contributed by atoms with E-state index in [1.54, 1.807) is 17.0 Å². The van der Waals surface area contributed by atoms with Crippen LogP contribution in [-0.4, -0.2) is 35.8 Å². The molecule has 4 nitrogen and oxygen atoms in total. The van der Waals surface area contributed by atoms with Crippen molar-refractivity contribution >= 4 is 35.0 Å². The van der Waals surface area contributed by atoms with Crippen LogP contribution in [-0.2, 0) is 16.0 Å². The molecule has 0 aromatic heterocycles. The number of amides is 2. The predicted octanol–water partition coefficient (Wildman–Crippen LogP) is 3.30. The molecular weight excluding hydrogens is 335 g/mol. The van der Waals surface area contributed by atoms with Crippen LogP contribution in [0.4, 0.5) is 0 Å². The van der Waals surface area contributed by atoms with E-state index in [1.807, 2.05) is 19.9 Å². The highest BCUT2D eigenvalue weighted by molar-refractivity contribution is 6.35. The number of hydrogen-bond acceptors (Lipinski definition) is 2. The van der Waals surface area contributed by atoms with Crippen LogP contribution in [0.25, 0.3) is 0 Å². The fourth-order valence-corrected chi connectivity index (χ4v) is 3.25. The number of benzene rings is 1. The van der Waals surface area contributed by atoms with E-state index in [4.69, 9.17) is 23.2 Å². The zero-order chi connectivity index (χ0) is 17.0. The molecule has 2 atom stereocenters. The first-order chi connectivity index (χ1) is 10.9. The zero-order valence-corrected chi connectivity index (χ0v) is 15.0. The molecule has 0 saturated carbocycles. The van der Waals surface area contributed by atoms with Gasteiger partial charge in [0.05, 0.1) is 5.92 Å². The van der Waals surface area contributed by atoms with Crippen molar-refractivity contribution in [2.24, 2.45) is 5.92 Å². The summed E-state index contributed by atoms with van der Waals surface area (Å²) in [6, 6.07) is 5.53. The van der Waals surface area contributed by atoms with Crippen molar-refractivity contribution in [3.05, 3.63) is 33.8 Å². The molecule has 1 aromatic rings. The lowest BCUT2D eigenvalue weighted by atomic mass is 10.1. The fraction of sp³-hybridized carbons (Fsp3) is 0.529. The second-order valence-electron chi connectivity index (χ2n) is 5.98. The Hall–Kier alpha value is -1.26. The molecule has 0 radical (unpaired) electrons. The van der Waals surface area contributed by atoms with Crippen molar-refractivity contribution in [3.63, 3.8) is 0 Å². The topological polar surface area (TPSA) is 49.4 Å². The summed E-state index contributed by atoms with van der Waals surface area (Å²) < 4.78 is 0. The number of carbonyl (C=O) groups is 2. The smallest absolute Gasteiger partial charge is 0.225 e. The first-order valence-corrected chi connectivity index (χ1v) is 8.69. The van der Waals surface area contributed by atoms with Gasteiger partial charge in [-0.15, -0.1) is 0 Å². The maximum Gasteiger partial charge on any atom is 0.225 e. The average Bonchev–Trinajstić information content (AvgIpc) is 2.90. The molecule has 6 heteroatoms. The molecule has 1 aromatic carbocycles. The Kier molecular flexibility index (Phi) is 6.31. The van der Waals surface area contributed by atoms with E-state index in [9.17, 15) is 9.59 Å². The summed E-state index contributed by atoms with van der Waals surface area (Å²) in [6.07, 6.45) is 1.84. The van der Waals surface area contributed by atoms with E-state index >= 15 is 0 Å². The molecule has 0 bridgehead atoms. The SMILES string of the molecule is CCC(C)N1CC(C(=O)NCCc2ccc(Cl)cc2Cl)CC1=O. The summed E-state index contributed by atoms with van der Waals surface area (Å²) in [4.78, 5) is 26.0.